The first-order valence-corrected chi connectivity index (χ1v) is 8.88. The smallest absolute Gasteiger partial charge is 0.0597 e. The maximum Gasteiger partial charge on any atom is 0.0597 e. The molecule has 3 nitrogen and oxygen atoms in total. The second-order valence-corrected chi connectivity index (χ2v) is 7.32. The third kappa shape index (κ3) is 3.55. The zero-order valence-electron chi connectivity index (χ0n) is 13.2. The zero-order chi connectivity index (χ0) is 13.8. The van der Waals surface area contributed by atoms with Crippen molar-refractivity contribution in [1.29, 1.82) is 0 Å². The SMILES string of the molecule is CC1CNC2(CCCC2)CN1CCOC1CCCCC1. The van der Waals surface area contributed by atoms with Crippen molar-refractivity contribution in [2.75, 3.05) is 26.2 Å². The Morgan fingerprint density at radius 3 is 2.60 bits per heavy atom. The Hall–Kier alpha value is -0.120. The molecule has 2 aliphatic carbocycles. The lowest BCUT2D eigenvalue weighted by molar-refractivity contribution is -0.00180. The molecule has 3 rings (SSSR count). The average Bonchev–Trinajstić information content (AvgIpc) is 2.92. The summed E-state index contributed by atoms with van der Waals surface area (Å²) >= 11 is 0. The summed E-state index contributed by atoms with van der Waals surface area (Å²) < 4.78 is 6.12. The van der Waals surface area contributed by atoms with Gasteiger partial charge in [0.25, 0.3) is 0 Å². The molecule has 20 heavy (non-hydrogen) atoms. The molecular weight excluding hydrogens is 248 g/mol. The summed E-state index contributed by atoms with van der Waals surface area (Å²) in [6, 6.07) is 0.663. The van der Waals surface area contributed by atoms with E-state index < -0.39 is 0 Å². The minimum atomic E-state index is 0.442. The molecule has 3 heteroatoms. The normalized spacial score (nSPS) is 31.9. The highest BCUT2D eigenvalue weighted by Gasteiger charge is 2.39. The van der Waals surface area contributed by atoms with Gasteiger partial charge in [-0.1, -0.05) is 32.1 Å². The van der Waals surface area contributed by atoms with Gasteiger partial charge in [-0.15, -0.1) is 0 Å². The van der Waals surface area contributed by atoms with E-state index in [9.17, 15) is 0 Å². The summed E-state index contributed by atoms with van der Waals surface area (Å²) in [5.41, 5.74) is 0.442. The molecular formula is C17H32N2O. The number of nitrogens with one attached hydrogen (secondary N) is 1. The van der Waals surface area contributed by atoms with Gasteiger partial charge in [0.15, 0.2) is 0 Å². The summed E-state index contributed by atoms with van der Waals surface area (Å²) in [5.74, 6) is 0. The topological polar surface area (TPSA) is 24.5 Å². The number of piperazine rings is 1. The summed E-state index contributed by atoms with van der Waals surface area (Å²) in [7, 11) is 0. The van der Waals surface area contributed by atoms with Gasteiger partial charge in [0, 0.05) is 31.2 Å². The second-order valence-electron chi connectivity index (χ2n) is 7.32. The Morgan fingerprint density at radius 2 is 1.85 bits per heavy atom. The van der Waals surface area contributed by atoms with Gasteiger partial charge in [-0.25, -0.2) is 0 Å². The van der Waals surface area contributed by atoms with Crippen molar-refractivity contribution >= 4 is 0 Å². The predicted molar refractivity (Wildman–Crippen MR) is 83.1 cm³/mol. The van der Waals surface area contributed by atoms with E-state index in [0.717, 1.165) is 19.7 Å². The summed E-state index contributed by atoms with van der Waals surface area (Å²) in [4.78, 5) is 2.67. The standard InChI is InChI=1S/C17H32N2O/c1-15-13-18-17(9-5-6-10-17)14-19(15)11-12-20-16-7-3-2-4-8-16/h15-16,18H,2-14H2,1H3. The average molecular weight is 280 g/mol. The van der Waals surface area contributed by atoms with Crippen LogP contribution in [-0.2, 0) is 4.74 Å². The lowest BCUT2D eigenvalue weighted by atomic mass is 9.92. The van der Waals surface area contributed by atoms with Gasteiger partial charge in [0.05, 0.1) is 12.7 Å². The molecule has 0 aromatic carbocycles. The van der Waals surface area contributed by atoms with Gasteiger partial charge in [-0.3, -0.25) is 4.90 Å². The molecule has 1 unspecified atom stereocenters. The number of ether oxygens (including phenoxy) is 1. The first-order chi connectivity index (χ1) is 9.77. The minimum absolute atomic E-state index is 0.442. The van der Waals surface area contributed by atoms with Crippen molar-refractivity contribution in [2.45, 2.75) is 82.4 Å². The van der Waals surface area contributed by atoms with E-state index in [4.69, 9.17) is 4.74 Å². The molecule has 3 aliphatic rings. The van der Waals surface area contributed by atoms with Crippen molar-refractivity contribution in [3.05, 3.63) is 0 Å². The fourth-order valence-electron chi connectivity index (χ4n) is 4.35. The van der Waals surface area contributed by atoms with Crippen molar-refractivity contribution < 1.29 is 4.74 Å². The van der Waals surface area contributed by atoms with E-state index in [-0.39, 0.29) is 0 Å². The fraction of sp³-hybridized carbons (Fsp3) is 1.00. The highest BCUT2D eigenvalue weighted by Crippen LogP contribution is 2.33. The summed E-state index contributed by atoms with van der Waals surface area (Å²) in [6.07, 6.45) is 12.9. The predicted octanol–water partition coefficient (Wildman–Crippen LogP) is 2.94. The molecule has 1 heterocycles. The van der Waals surface area contributed by atoms with Gasteiger partial charge in [-0.2, -0.15) is 0 Å². The monoisotopic (exact) mass is 280 g/mol. The van der Waals surface area contributed by atoms with Crippen LogP contribution in [0.1, 0.15) is 64.7 Å². The van der Waals surface area contributed by atoms with Gasteiger partial charge in [0.1, 0.15) is 0 Å². The Morgan fingerprint density at radius 1 is 1.10 bits per heavy atom. The molecule has 1 saturated heterocycles. The van der Waals surface area contributed by atoms with E-state index >= 15 is 0 Å². The van der Waals surface area contributed by atoms with Crippen LogP contribution in [0.15, 0.2) is 0 Å². The Labute approximate surface area is 124 Å². The molecule has 0 aromatic heterocycles. The maximum atomic E-state index is 6.12. The highest BCUT2D eigenvalue weighted by atomic mass is 16.5. The molecule has 1 aliphatic heterocycles. The second kappa shape index (κ2) is 6.76. The summed E-state index contributed by atoms with van der Waals surface area (Å²) in [6.45, 7) is 6.81. The van der Waals surface area contributed by atoms with Crippen LogP contribution in [0.3, 0.4) is 0 Å². The van der Waals surface area contributed by atoms with Crippen LogP contribution in [0, 0.1) is 0 Å². The van der Waals surface area contributed by atoms with E-state index in [0.29, 0.717) is 17.7 Å². The van der Waals surface area contributed by atoms with Crippen LogP contribution in [0.5, 0.6) is 0 Å². The zero-order valence-corrected chi connectivity index (χ0v) is 13.2. The van der Waals surface area contributed by atoms with E-state index in [2.05, 4.69) is 17.1 Å². The molecule has 116 valence electrons. The van der Waals surface area contributed by atoms with Crippen molar-refractivity contribution in [1.82, 2.24) is 10.2 Å². The van der Waals surface area contributed by atoms with Crippen LogP contribution >= 0.6 is 0 Å². The fourth-order valence-corrected chi connectivity index (χ4v) is 4.35. The van der Waals surface area contributed by atoms with Crippen LogP contribution in [0.2, 0.25) is 0 Å². The van der Waals surface area contributed by atoms with E-state index in [1.54, 1.807) is 0 Å². The van der Waals surface area contributed by atoms with Crippen LogP contribution in [0.25, 0.3) is 0 Å². The Bertz CT molecular complexity index is 295. The highest BCUT2D eigenvalue weighted by molar-refractivity contribution is 5.00. The summed E-state index contributed by atoms with van der Waals surface area (Å²) in [5, 5.41) is 3.83. The van der Waals surface area contributed by atoms with Crippen LogP contribution in [0.4, 0.5) is 0 Å². The molecule has 1 atom stereocenters. The quantitative estimate of drug-likeness (QED) is 0.857. The molecule has 0 amide bonds. The third-order valence-corrected chi connectivity index (χ3v) is 5.75. The number of hydrogen-bond donors (Lipinski definition) is 1. The van der Waals surface area contributed by atoms with Gasteiger partial charge in [0.2, 0.25) is 0 Å². The lowest BCUT2D eigenvalue weighted by Gasteiger charge is -2.45. The van der Waals surface area contributed by atoms with Crippen LogP contribution in [-0.4, -0.2) is 48.8 Å². The first kappa shape index (κ1) is 14.8. The van der Waals surface area contributed by atoms with Crippen LogP contribution < -0.4 is 5.32 Å². The van der Waals surface area contributed by atoms with Crippen molar-refractivity contribution in [3.63, 3.8) is 0 Å². The number of nitrogens with zero attached hydrogens (tertiary/aromatic N) is 1. The number of hydrogen-bond acceptors (Lipinski definition) is 3. The Balaban J connectivity index is 1.43. The van der Waals surface area contributed by atoms with Gasteiger partial charge < -0.3 is 10.1 Å². The molecule has 1 spiro atoms. The third-order valence-electron chi connectivity index (χ3n) is 5.75. The Kier molecular flexibility index (Phi) is 5.00. The largest absolute Gasteiger partial charge is 0.377 e. The molecule has 2 saturated carbocycles. The van der Waals surface area contributed by atoms with Gasteiger partial charge in [-0.05, 0) is 32.6 Å². The minimum Gasteiger partial charge on any atom is -0.377 e. The molecule has 1 N–H and O–H groups in total. The van der Waals surface area contributed by atoms with Crippen molar-refractivity contribution in [2.24, 2.45) is 0 Å². The maximum absolute atomic E-state index is 6.12. The van der Waals surface area contributed by atoms with E-state index in [1.165, 1.54) is 64.3 Å². The number of rotatable bonds is 4. The first-order valence-electron chi connectivity index (χ1n) is 8.88. The van der Waals surface area contributed by atoms with Gasteiger partial charge >= 0.3 is 0 Å². The lowest BCUT2D eigenvalue weighted by Crippen LogP contribution is -2.62. The molecule has 3 fully saturated rings. The molecule has 0 aromatic rings. The van der Waals surface area contributed by atoms with E-state index in [1.807, 2.05) is 0 Å². The van der Waals surface area contributed by atoms with Crippen molar-refractivity contribution in [3.8, 4) is 0 Å². The molecule has 0 bridgehead atoms. The molecule has 0 radical (unpaired) electrons.